The zero-order valence-corrected chi connectivity index (χ0v) is 15.6. The van der Waals surface area contributed by atoms with Crippen molar-refractivity contribution >= 4 is 17.7 Å². The molecule has 8 heteroatoms. The van der Waals surface area contributed by atoms with Crippen molar-refractivity contribution in [1.29, 1.82) is 0 Å². The van der Waals surface area contributed by atoms with E-state index in [0.717, 1.165) is 12.1 Å². The molecule has 1 fully saturated rings. The molecule has 27 heavy (non-hydrogen) atoms. The summed E-state index contributed by atoms with van der Waals surface area (Å²) in [6.45, 7) is 0.504. The van der Waals surface area contributed by atoms with Gasteiger partial charge in [-0.3, -0.25) is 4.79 Å². The van der Waals surface area contributed by atoms with E-state index < -0.39 is 11.7 Å². The fourth-order valence-electron chi connectivity index (χ4n) is 2.92. The maximum absolute atomic E-state index is 13.0. The first-order valence-corrected chi connectivity index (χ1v) is 9.22. The van der Waals surface area contributed by atoms with Crippen molar-refractivity contribution in [3.8, 4) is 11.5 Å². The number of hydrogen-bond donors (Lipinski definition) is 0. The van der Waals surface area contributed by atoms with E-state index in [1.165, 1.54) is 38.1 Å². The second-order valence-electron chi connectivity index (χ2n) is 5.91. The lowest BCUT2D eigenvalue weighted by Gasteiger charge is -2.25. The van der Waals surface area contributed by atoms with Crippen LogP contribution in [0.3, 0.4) is 0 Å². The van der Waals surface area contributed by atoms with E-state index in [-0.39, 0.29) is 11.3 Å². The predicted octanol–water partition coefficient (Wildman–Crippen LogP) is 4.61. The number of carbonyl (C=O) groups is 1. The SMILES string of the molecule is COc1ccc(C(=O)N2CCS[C@@H]2c2ccc(C(F)(F)F)cc2)c(OC)c1. The number of rotatable bonds is 4. The normalized spacial score (nSPS) is 17.1. The zero-order chi connectivity index (χ0) is 19.6. The number of alkyl halides is 3. The molecular weight excluding hydrogens is 379 g/mol. The summed E-state index contributed by atoms with van der Waals surface area (Å²) in [5.74, 6) is 1.43. The van der Waals surface area contributed by atoms with Gasteiger partial charge in [-0.25, -0.2) is 0 Å². The molecule has 1 amide bonds. The van der Waals surface area contributed by atoms with Crippen molar-refractivity contribution < 1.29 is 27.4 Å². The van der Waals surface area contributed by atoms with Gasteiger partial charge in [0.15, 0.2) is 0 Å². The maximum atomic E-state index is 13.0. The number of nitrogens with zero attached hydrogens (tertiary/aromatic N) is 1. The summed E-state index contributed by atoms with van der Waals surface area (Å²) in [4.78, 5) is 14.7. The fraction of sp³-hybridized carbons (Fsp3) is 0.316. The standard InChI is InChI=1S/C19H18F3NO3S/c1-25-14-7-8-15(16(11-14)26-2)17(24)23-9-10-27-18(23)12-3-5-13(6-4-12)19(20,21)22/h3-8,11,18H,9-10H2,1-2H3/t18-/m1/s1. The van der Waals surface area contributed by atoms with E-state index in [2.05, 4.69) is 0 Å². The number of halogens is 3. The highest BCUT2D eigenvalue weighted by Crippen LogP contribution is 2.41. The van der Waals surface area contributed by atoms with Crippen LogP contribution >= 0.6 is 11.8 Å². The molecule has 0 N–H and O–H groups in total. The van der Waals surface area contributed by atoms with Crippen molar-refractivity contribution in [3.05, 3.63) is 59.2 Å². The topological polar surface area (TPSA) is 38.8 Å². The Balaban J connectivity index is 1.87. The number of ether oxygens (including phenoxy) is 2. The molecule has 0 aromatic heterocycles. The first-order chi connectivity index (χ1) is 12.8. The van der Waals surface area contributed by atoms with E-state index in [1.807, 2.05) is 0 Å². The van der Waals surface area contributed by atoms with Gasteiger partial charge in [0, 0.05) is 18.4 Å². The monoisotopic (exact) mass is 397 g/mol. The van der Waals surface area contributed by atoms with Crippen LogP contribution < -0.4 is 9.47 Å². The summed E-state index contributed by atoms with van der Waals surface area (Å²) >= 11 is 1.52. The smallest absolute Gasteiger partial charge is 0.416 e. The van der Waals surface area contributed by atoms with Crippen LogP contribution in [0.15, 0.2) is 42.5 Å². The summed E-state index contributed by atoms with van der Waals surface area (Å²) in [6.07, 6.45) is -4.38. The lowest BCUT2D eigenvalue weighted by atomic mass is 10.1. The first-order valence-electron chi connectivity index (χ1n) is 8.17. The molecule has 1 atom stereocenters. The van der Waals surface area contributed by atoms with Gasteiger partial charge in [0.2, 0.25) is 0 Å². The highest BCUT2D eigenvalue weighted by atomic mass is 32.2. The molecule has 0 spiro atoms. The largest absolute Gasteiger partial charge is 0.497 e. The summed E-state index contributed by atoms with van der Waals surface area (Å²) in [6, 6.07) is 9.88. The molecule has 4 nitrogen and oxygen atoms in total. The Labute approximate surface area is 159 Å². The Morgan fingerprint density at radius 3 is 2.41 bits per heavy atom. The van der Waals surface area contributed by atoms with Gasteiger partial charge >= 0.3 is 6.18 Å². The van der Waals surface area contributed by atoms with Crippen LogP contribution in [0.4, 0.5) is 13.2 Å². The number of thioether (sulfide) groups is 1. The minimum atomic E-state index is -4.38. The second-order valence-corrected chi connectivity index (χ2v) is 7.10. The summed E-state index contributed by atoms with van der Waals surface area (Å²) in [5.41, 5.74) is 0.341. The minimum Gasteiger partial charge on any atom is -0.497 e. The third kappa shape index (κ3) is 4.00. The van der Waals surface area contributed by atoms with Gasteiger partial charge in [-0.15, -0.1) is 11.8 Å². The first kappa shape index (κ1) is 19.4. The number of carbonyl (C=O) groups excluding carboxylic acids is 1. The average Bonchev–Trinajstić information content (AvgIpc) is 3.16. The third-order valence-electron chi connectivity index (χ3n) is 4.31. The summed E-state index contributed by atoms with van der Waals surface area (Å²) in [5, 5.41) is -0.341. The molecule has 1 aliphatic rings. The van der Waals surface area contributed by atoms with Crippen LogP contribution in [0.25, 0.3) is 0 Å². The number of benzene rings is 2. The Hall–Kier alpha value is -2.35. The van der Waals surface area contributed by atoms with Crippen molar-refractivity contribution in [2.75, 3.05) is 26.5 Å². The van der Waals surface area contributed by atoms with E-state index in [4.69, 9.17) is 9.47 Å². The van der Waals surface area contributed by atoms with Crippen molar-refractivity contribution in [2.45, 2.75) is 11.6 Å². The van der Waals surface area contributed by atoms with Crippen LogP contribution in [0.5, 0.6) is 11.5 Å². The molecule has 1 saturated heterocycles. The molecule has 0 bridgehead atoms. The highest BCUT2D eigenvalue weighted by Gasteiger charge is 2.34. The Bertz CT molecular complexity index is 824. The molecule has 0 saturated carbocycles. The van der Waals surface area contributed by atoms with Gasteiger partial charge in [0.05, 0.1) is 25.3 Å². The maximum Gasteiger partial charge on any atom is 0.416 e. The molecule has 0 unspecified atom stereocenters. The molecule has 1 heterocycles. The second kappa shape index (κ2) is 7.72. The van der Waals surface area contributed by atoms with Crippen LogP contribution in [-0.4, -0.2) is 37.3 Å². The molecule has 0 radical (unpaired) electrons. The van der Waals surface area contributed by atoms with Crippen molar-refractivity contribution in [3.63, 3.8) is 0 Å². The number of methoxy groups -OCH3 is 2. The number of amides is 1. The Kier molecular flexibility index (Phi) is 5.55. The number of hydrogen-bond acceptors (Lipinski definition) is 4. The lowest BCUT2D eigenvalue weighted by molar-refractivity contribution is -0.137. The van der Waals surface area contributed by atoms with Crippen LogP contribution in [-0.2, 0) is 6.18 Å². The minimum absolute atomic E-state index is 0.232. The highest BCUT2D eigenvalue weighted by molar-refractivity contribution is 7.99. The quantitative estimate of drug-likeness (QED) is 0.755. The van der Waals surface area contributed by atoms with Crippen LogP contribution in [0, 0.1) is 0 Å². The zero-order valence-electron chi connectivity index (χ0n) is 14.7. The molecule has 144 valence electrons. The predicted molar refractivity (Wildman–Crippen MR) is 97.2 cm³/mol. The van der Waals surface area contributed by atoms with Crippen molar-refractivity contribution in [1.82, 2.24) is 4.90 Å². The molecule has 3 rings (SSSR count). The summed E-state index contributed by atoms with van der Waals surface area (Å²) in [7, 11) is 2.99. The van der Waals surface area contributed by atoms with Gasteiger partial charge in [-0.2, -0.15) is 13.2 Å². The molecule has 1 aliphatic heterocycles. The van der Waals surface area contributed by atoms with Gasteiger partial charge in [-0.05, 0) is 29.8 Å². The molecule has 2 aromatic carbocycles. The molecule has 2 aromatic rings. The van der Waals surface area contributed by atoms with E-state index >= 15 is 0 Å². The van der Waals surface area contributed by atoms with Crippen LogP contribution in [0.2, 0.25) is 0 Å². The van der Waals surface area contributed by atoms with E-state index in [9.17, 15) is 18.0 Å². The van der Waals surface area contributed by atoms with Gasteiger partial charge in [0.25, 0.3) is 5.91 Å². The molecule has 0 aliphatic carbocycles. The average molecular weight is 397 g/mol. The van der Waals surface area contributed by atoms with Gasteiger partial charge in [0.1, 0.15) is 16.9 Å². The fourth-order valence-corrected chi connectivity index (χ4v) is 4.18. The summed E-state index contributed by atoms with van der Waals surface area (Å²) < 4.78 is 48.8. The lowest BCUT2D eigenvalue weighted by Crippen LogP contribution is -2.30. The molecular formula is C19H18F3NO3S. The third-order valence-corrected chi connectivity index (χ3v) is 5.57. The van der Waals surface area contributed by atoms with E-state index in [1.54, 1.807) is 23.1 Å². The van der Waals surface area contributed by atoms with Gasteiger partial charge < -0.3 is 14.4 Å². The Morgan fingerprint density at radius 1 is 1.11 bits per heavy atom. The van der Waals surface area contributed by atoms with Crippen LogP contribution in [0.1, 0.15) is 26.9 Å². The van der Waals surface area contributed by atoms with Gasteiger partial charge in [-0.1, -0.05) is 12.1 Å². The Morgan fingerprint density at radius 2 is 1.81 bits per heavy atom. The van der Waals surface area contributed by atoms with E-state index in [0.29, 0.717) is 34.9 Å². The van der Waals surface area contributed by atoms with Crippen molar-refractivity contribution in [2.24, 2.45) is 0 Å².